The molecule has 3 atom stereocenters. The average molecular weight is 514 g/mol. The number of aromatic amines is 1. The molecule has 0 radical (unpaired) electrons. The molecule has 35 heavy (non-hydrogen) atoms. The van der Waals surface area contributed by atoms with Gasteiger partial charge in [-0.25, -0.2) is 4.98 Å². The maximum atomic E-state index is 12.8. The van der Waals surface area contributed by atoms with Gasteiger partial charge in [-0.15, -0.1) is 11.3 Å². The zero-order valence-corrected chi connectivity index (χ0v) is 20.6. The number of esters is 2. The third-order valence-electron chi connectivity index (χ3n) is 4.55. The Labute approximate surface area is 204 Å². The summed E-state index contributed by atoms with van der Waals surface area (Å²) in [5.74, 6) is -1.62. The first-order valence-electron chi connectivity index (χ1n) is 10.2. The summed E-state index contributed by atoms with van der Waals surface area (Å²) in [5.41, 5.74) is 5.80. The largest absolute Gasteiger partial charge is 0.481 e. The molecular weight excluding hydrogens is 486 g/mol. The van der Waals surface area contributed by atoms with E-state index in [1.165, 1.54) is 32.3 Å². The number of carboxylic acids is 1. The number of nitrogens with one attached hydrogen (secondary N) is 1. The summed E-state index contributed by atoms with van der Waals surface area (Å²) in [6.45, 7) is 3.61. The lowest BCUT2D eigenvalue weighted by Crippen LogP contribution is -2.51. The van der Waals surface area contributed by atoms with Crippen LogP contribution in [0.5, 0.6) is 6.01 Å². The van der Waals surface area contributed by atoms with Gasteiger partial charge in [-0.1, -0.05) is 0 Å². The lowest BCUT2D eigenvalue weighted by Gasteiger charge is -2.39. The highest BCUT2D eigenvalue weighted by Gasteiger charge is 2.38. The van der Waals surface area contributed by atoms with E-state index < -0.39 is 41.9 Å². The summed E-state index contributed by atoms with van der Waals surface area (Å²) >= 11 is 1.19. The number of carbonyl (C=O) groups is 3. The molecule has 14 nitrogen and oxygen atoms in total. The van der Waals surface area contributed by atoms with Gasteiger partial charge in [0.1, 0.15) is 17.9 Å². The normalized spacial score (nSPS) is 19.1. The summed E-state index contributed by atoms with van der Waals surface area (Å²) in [5, 5.41) is 9.36. The van der Waals surface area contributed by atoms with Crippen molar-refractivity contribution < 1.29 is 38.4 Å². The average Bonchev–Trinajstić information content (AvgIpc) is 3.18. The number of carbonyl (C=O) groups excluding carboxylic acids is 2. The molecule has 2 aromatic heterocycles. The van der Waals surface area contributed by atoms with Crippen molar-refractivity contribution >= 4 is 40.2 Å². The third kappa shape index (κ3) is 7.65. The Balaban J connectivity index is 0.00000100. The Bertz CT molecular complexity index is 1110. The van der Waals surface area contributed by atoms with Crippen molar-refractivity contribution in [2.24, 2.45) is 0 Å². The lowest BCUT2D eigenvalue weighted by molar-refractivity contribution is -0.186. The highest BCUT2D eigenvalue weighted by atomic mass is 32.1. The van der Waals surface area contributed by atoms with Crippen LogP contribution in [0.15, 0.2) is 10.2 Å². The molecule has 2 aromatic rings. The zero-order chi connectivity index (χ0) is 26.3. The van der Waals surface area contributed by atoms with Gasteiger partial charge in [-0.3, -0.25) is 24.2 Å². The summed E-state index contributed by atoms with van der Waals surface area (Å²) < 4.78 is 21.5. The van der Waals surface area contributed by atoms with Crippen molar-refractivity contribution in [3.63, 3.8) is 0 Å². The minimum absolute atomic E-state index is 0.00364. The third-order valence-corrected chi connectivity index (χ3v) is 5.23. The number of nitrogens with two attached hydrogens (primary N) is 1. The number of nitrogen functional groups attached to an aromatic ring is 1. The van der Waals surface area contributed by atoms with Crippen LogP contribution in [-0.4, -0.2) is 77.2 Å². The van der Waals surface area contributed by atoms with Gasteiger partial charge >= 0.3 is 11.9 Å². The van der Waals surface area contributed by atoms with Crippen molar-refractivity contribution in [3.05, 3.63) is 15.7 Å². The van der Waals surface area contributed by atoms with E-state index in [1.807, 2.05) is 0 Å². The number of thiazole rings is 1. The minimum Gasteiger partial charge on any atom is -0.481 e. The fraction of sp³-hybridized carbons (Fsp3) is 0.500. The number of anilines is 2. The van der Waals surface area contributed by atoms with Gasteiger partial charge in [-0.05, 0) is 0 Å². The molecule has 0 saturated carbocycles. The van der Waals surface area contributed by atoms with Crippen LogP contribution in [0.4, 0.5) is 10.9 Å². The van der Waals surface area contributed by atoms with Crippen molar-refractivity contribution in [1.29, 1.82) is 0 Å². The van der Waals surface area contributed by atoms with Crippen LogP contribution in [0.2, 0.25) is 0 Å². The van der Waals surface area contributed by atoms with Crippen molar-refractivity contribution in [1.82, 2.24) is 15.0 Å². The molecule has 1 fully saturated rings. The second kappa shape index (κ2) is 12.1. The first-order chi connectivity index (χ1) is 16.4. The van der Waals surface area contributed by atoms with E-state index in [9.17, 15) is 14.4 Å². The van der Waals surface area contributed by atoms with Crippen LogP contribution in [0.25, 0.3) is 11.3 Å². The predicted molar refractivity (Wildman–Crippen MR) is 124 cm³/mol. The Morgan fingerprint density at radius 2 is 1.80 bits per heavy atom. The minimum atomic E-state index is -0.833. The van der Waals surface area contributed by atoms with Crippen molar-refractivity contribution in [2.75, 3.05) is 31.4 Å². The monoisotopic (exact) mass is 513 g/mol. The van der Waals surface area contributed by atoms with Crippen LogP contribution in [0, 0.1) is 0 Å². The predicted octanol–water partition coefficient (Wildman–Crippen LogP) is 0.621. The Kier molecular flexibility index (Phi) is 9.53. The molecule has 3 unspecified atom stereocenters. The number of H-pyrrole nitrogens is 1. The standard InChI is InChI=1S/C18H23N5O7S.C2H4O2/c1-8(24)29-11-5-13(28-6-12(11)30-9(2)25)23(3)15-14(10-7-31-17(19)20-10)16(26)22-18(21-15)27-4;1-2(3)4/h7,11-13H,5-6H2,1-4H3,(H2,19,20)(H,21,22,26);1H3,(H,3,4). The van der Waals surface area contributed by atoms with Gasteiger partial charge in [-0.2, -0.15) is 4.98 Å². The topological polar surface area (TPSA) is 196 Å². The summed E-state index contributed by atoms with van der Waals surface area (Å²) in [4.78, 5) is 57.4. The van der Waals surface area contributed by atoms with Gasteiger partial charge in [0.15, 0.2) is 17.1 Å². The molecule has 0 bridgehead atoms. The first kappa shape index (κ1) is 27.5. The molecule has 0 aromatic carbocycles. The molecule has 1 aliphatic heterocycles. The van der Waals surface area contributed by atoms with E-state index in [0.29, 0.717) is 10.8 Å². The Morgan fingerprint density at radius 1 is 1.20 bits per heavy atom. The van der Waals surface area contributed by atoms with Gasteiger partial charge in [0.25, 0.3) is 17.5 Å². The molecule has 1 aliphatic rings. The van der Waals surface area contributed by atoms with Crippen LogP contribution < -0.4 is 20.9 Å². The quantitative estimate of drug-likeness (QED) is 0.455. The van der Waals surface area contributed by atoms with Crippen molar-refractivity contribution in [3.8, 4) is 17.3 Å². The summed E-state index contributed by atoms with van der Waals surface area (Å²) in [6.07, 6.45) is -1.95. The number of methoxy groups -OCH3 is 1. The fourth-order valence-corrected chi connectivity index (χ4v) is 3.78. The van der Waals surface area contributed by atoms with Gasteiger partial charge < -0.3 is 34.7 Å². The number of rotatable bonds is 6. The summed E-state index contributed by atoms with van der Waals surface area (Å²) in [6, 6.07) is 0.00364. The summed E-state index contributed by atoms with van der Waals surface area (Å²) in [7, 11) is 3.04. The number of hydrogen-bond acceptors (Lipinski definition) is 13. The number of aliphatic carboxylic acids is 1. The Morgan fingerprint density at radius 3 is 2.31 bits per heavy atom. The van der Waals surface area contributed by atoms with Gasteiger partial charge in [0, 0.05) is 39.6 Å². The van der Waals surface area contributed by atoms with E-state index >= 15 is 0 Å². The molecule has 3 heterocycles. The molecule has 0 aliphatic carbocycles. The molecule has 4 N–H and O–H groups in total. The van der Waals surface area contributed by atoms with Crippen molar-refractivity contribution in [2.45, 2.75) is 45.6 Å². The van der Waals surface area contributed by atoms with E-state index in [4.69, 9.17) is 34.6 Å². The smallest absolute Gasteiger partial charge is 0.303 e. The molecular formula is C20H27N5O9S. The lowest BCUT2D eigenvalue weighted by atomic mass is 10.1. The zero-order valence-electron chi connectivity index (χ0n) is 19.8. The van der Waals surface area contributed by atoms with E-state index in [2.05, 4.69) is 15.0 Å². The highest BCUT2D eigenvalue weighted by molar-refractivity contribution is 7.13. The van der Waals surface area contributed by atoms with E-state index in [1.54, 1.807) is 17.3 Å². The second-order valence-electron chi connectivity index (χ2n) is 7.29. The van der Waals surface area contributed by atoms with E-state index in [0.717, 1.165) is 6.92 Å². The molecule has 0 amide bonds. The number of nitrogens with zero attached hydrogens (tertiary/aromatic N) is 3. The van der Waals surface area contributed by atoms with Crippen LogP contribution in [-0.2, 0) is 28.6 Å². The number of hydrogen-bond donors (Lipinski definition) is 3. The number of carboxylic acid groups (broad SMARTS) is 1. The van der Waals surface area contributed by atoms with E-state index in [-0.39, 0.29) is 30.4 Å². The van der Waals surface area contributed by atoms with Crippen LogP contribution >= 0.6 is 11.3 Å². The number of ether oxygens (including phenoxy) is 4. The Hall–Kier alpha value is -3.72. The molecule has 3 rings (SSSR count). The maximum Gasteiger partial charge on any atom is 0.303 e. The van der Waals surface area contributed by atoms with Crippen LogP contribution in [0.1, 0.15) is 27.2 Å². The maximum absolute atomic E-state index is 12.8. The second-order valence-corrected chi connectivity index (χ2v) is 8.18. The van der Waals surface area contributed by atoms with Gasteiger partial charge in [0.05, 0.1) is 19.4 Å². The van der Waals surface area contributed by atoms with Crippen LogP contribution in [0.3, 0.4) is 0 Å². The molecule has 15 heteroatoms. The van der Waals surface area contributed by atoms with Gasteiger partial charge in [0.2, 0.25) is 0 Å². The number of aromatic nitrogens is 3. The highest BCUT2D eigenvalue weighted by Crippen LogP contribution is 2.32. The fourth-order valence-electron chi connectivity index (χ4n) is 3.22. The first-order valence-corrected chi connectivity index (χ1v) is 11.1. The molecule has 1 saturated heterocycles. The SMILES string of the molecule is CC(=O)O.COc1nc(N(C)C2CC(OC(C)=O)C(OC(C)=O)CO2)c(-c2csc(N)n2)c(=O)[nH]1. The molecule has 0 spiro atoms. The molecule has 192 valence electrons.